The number of hydrogen-bond acceptors (Lipinski definition) is 6. The summed E-state index contributed by atoms with van der Waals surface area (Å²) in [6, 6.07) is 16.2. The van der Waals surface area contributed by atoms with Gasteiger partial charge in [0, 0.05) is 29.8 Å². The SMILES string of the molecule is CCc1ccc(C2C(C#N)=C(N)N(c3cccc([N+](=O)[O-])c3)C3=C2C(=O)CCC3)cc1. The molecule has 0 saturated carbocycles. The normalized spacial score (nSPS) is 18.6. The molecule has 7 heteroatoms. The predicted octanol–water partition coefficient (Wildman–Crippen LogP) is 4.46. The molecule has 0 spiro atoms. The molecular weight excluding hydrogens is 392 g/mol. The lowest BCUT2D eigenvalue weighted by Crippen LogP contribution is -2.38. The monoisotopic (exact) mass is 414 g/mol. The molecule has 2 aliphatic rings. The van der Waals surface area contributed by atoms with Crippen molar-refractivity contribution in [1.29, 1.82) is 5.26 Å². The first-order valence-corrected chi connectivity index (χ1v) is 10.3. The van der Waals surface area contributed by atoms with E-state index in [1.165, 1.54) is 12.1 Å². The van der Waals surface area contributed by atoms with Crippen LogP contribution in [0.5, 0.6) is 0 Å². The number of carbonyl (C=O) groups excluding carboxylic acids is 1. The van der Waals surface area contributed by atoms with Gasteiger partial charge in [0.25, 0.3) is 5.69 Å². The number of nitro groups is 1. The molecule has 1 unspecified atom stereocenters. The molecule has 1 atom stereocenters. The highest BCUT2D eigenvalue weighted by Gasteiger charge is 2.40. The Morgan fingerprint density at radius 2 is 1.97 bits per heavy atom. The minimum absolute atomic E-state index is 0.0125. The molecule has 0 aromatic heterocycles. The van der Waals surface area contributed by atoms with E-state index in [0.29, 0.717) is 30.5 Å². The van der Waals surface area contributed by atoms with Crippen molar-refractivity contribution in [2.45, 2.75) is 38.5 Å². The third kappa shape index (κ3) is 3.46. The van der Waals surface area contributed by atoms with Crippen LogP contribution in [0, 0.1) is 21.4 Å². The molecule has 2 aromatic rings. The highest BCUT2D eigenvalue weighted by Crippen LogP contribution is 2.46. The van der Waals surface area contributed by atoms with Crippen molar-refractivity contribution in [3.63, 3.8) is 0 Å². The van der Waals surface area contributed by atoms with Crippen LogP contribution in [0.2, 0.25) is 0 Å². The third-order valence-corrected chi connectivity index (χ3v) is 5.93. The van der Waals surface area contributed by atoms with Gasteiger partial charge in [-0.3, -0.25) is 19.8 Å². The summed E-state index contributed by atoms with van der Waals surface area (Å²) in [5.74, 6) is -0.337. The van der Waals surface area contributed by atoms with Gasteiger partial charge in [-0.1, -0.05) is 37.3 Å². The van der Waals surface area contributed by atoms with Gasteiger partial charge in [-0.05, 0) is 36.5 Å². The lowest BCUT2D eigenvalue weighted by atomic mass is 9.75. The first-order valence-electron chi connectivity index (χ1n) is 10.3. The van der Waals surface area contributed by atoms with Crippen LogP contribution in [0.1, 0.15) is 43.2 Å². The molecule has 31 heavy (non-hydrogen) atoms. The molecule has 0 amide bonds. The quantitative estimate of drug-likeness (QED) is 0.584. The molecule has 0 radical (unpaired) electrons. The number of non-ortho nitro benzene ring substituents is 1. The number of ketones is 1. The lowest BCUT2D eigenvalue weighted by molar-refractivity contribution is -0.384. The molecule has 7 nitrogen and oxygen atoms in total. The number of Topliss-reactive ketones (excluding diaryl/α,β-unsaturated/α-hetero) is 1. The van der Waals surface area contributed by atoms with Gasteiger partial charge in [0.15, 0.2) is 5.78 Å². The van der Waals surface area contributed by atoms with Gasteiger partial charge in [0.05, 0.1) is 28.2 Å². The molecule has 0 bridgehead atoms. The van der Waals surface area contributed by atoms with Crippen molar-refractivity contribution in [3.8, 4) is 6.07 Å². The summed E-state index contributed by atoms with van der Waals surface area (Å²) in [6.07, 6.45) is 2.57. The molecule has 1 heterocycles. The van der Waals surface area contributed by atoms with Crippen molar-refractivity contribution in [3.05, 3.63) is 92.4 Å². The predicted molar refractivity (Wildman–Crippen MR) is 117 cm³/mol. The Hall–Kier alpha value is -3.92. The maximum absolute atomic E-state index is 13.1. The number of allylic oxidation sites excluding steroid dienone is 3. The average molecular weight is 414 g/mol. The Bertz CT molecular complexity index is 1170. The number of nitro benzene ring substituents is 1. The van der Waals surface area contributed by atoms with Crippen LogP contribution in [-0.2, 0) is 11.2 Å². The Morgan fingerprint density at radius 3 is 2.61 bits per heavy atom. The average Bonchev–Trinajstić information content (AvgIpc) is 2.78. The molecule has 1 aliphatic carbocycles. The minimum atomic E-state index is -0.534. The van der Waals surface area contributed by atoms with Crippen LogP contribution in [0.15, 0.2) is 71.2 Å². The number of benzene rings is 2. The van der Waals surface area contributed by atoms with E-state index in [9.17, 15) is 20.2 Å². The number of aryl methyl sites for hydroxylation is 1. The van der Waals surface area contributed by atoms with Crippen LogP contribution in [0.4, 0.5) is 11.4 Å². The zero-order valence-electron chi connectivity index (χ0n) is 17.2. The van der Waals surface area contributed by atoms with E-state index in [2.05, 4.69) is 13.0 Å². The van der Waals surface area contributed by atoms with E-state index in [1.807, 2.05) is 24.3 Å². The summed E-state index contributed by atoms with van der Waals surface area (Å²) in [5, 5.41) is 21.3. The molecule has 1 aliphatic heterocycles. The van der Waals surface area contributed by atoms with Crippen molar-refractivity contribution < 1.29 is 9.72 Å². The molecule has 0 saturated heterocycles. The van der Waals surface area contributed by atoms with Crippen molar-refractivity contribution in [2.24, 2.45) is 5.73 Å². The van der Waals surface area contributed by atoms with Crippen LogP contribution < -0.4 is 10.6 Å². The molecule has 2 aromatic carbocycles. The molecule has 2 N–H and O–H groups in total. The van der Waals surface area contributed by atoms with E-state index in [1.54, 1.807) is 17.0 Å². The number of nitrogens with zero attached hydrogens (tertiary/aromatic N) is 3. The number of nitrogens with two attached hydrogens (primary N) is 1. The number of rotatable bonds is 4. The van der Waals surface area contributed by atoms with Gasteiger partial charge in [0.1, 0.15) is 5.82 Å². The summed E-state index contributed by atoms with van der Waals surface area (Å²) in [5.41, 5.74) is 10.5. The largest absolute Gasteiger partial charge is 0.384 e. The Morgan fingerprint density at radius 1 is 1.23 bits per heavy atom. The number of hydrogen-bond donors (Lipinski definition) is 1. The van der Waals surface area contributed by atoms with E-state index in [4.69, 9.17) is 5.73 Å². The maximum Gasteiger partial charge on any atom is 0.271 e. The zero-order chi connectivity index (χ0) is 22.1. The number of nitriles is 1. The fourth-order valence-electron chi connectivity index (χ4n) is 4.41. The van der Waals surface area contributed by atoms with E-state index in [0.717, 1.165) is 23.2 Å². The maximum atomic E-state index is 13.1. The standard InChI is InChI=1S/C24H22N4O3/c1-2-15-9-11-16(12-10-15)22-19(14-25)24(26)27(20-7-4-8-21(29)23(20)22)17-5-3-6-18(13-17)28(30)31/h3,5-6,9-13,22H,2,4,7-8,26H2,1H3. The van der Waals surface area contributed by atoms with Gasteiger partial charge < -0.3 is 5.73 Å². The van der Waals surface area contributed by atoms with Gasteiger partial charge >= 0.3 is 0 Å². The lowest BCUT2D eigenvalue weighted by Gasteiger charge is -2.39. The second kappa shape index (κ2) is 8.07. The highest BCUT2D eigenvalue weighted by molar-refractivity contribution is 6.01. The fraction of sp³-hybridized carbons (Fsp3) is 0.250. The first kappa shape index (κ1) is 20.4. The van der Waals surface area contributed by atoms with Gasteiger partial charge in [-0.2, -0.15) is 5.26 Å². The summed E-state index contributed by atoms with van der Waals surface area (Å²) < 4.78 is 0. The Kier molecular flexibility index (Phi) is 5.30. The second-order valence-corrected chi connectivity index (χ2v) is 7.69. The topological polar surface area (TPSA) is 113 Å². The molecule has 4 rings (SSSR count). The molecule has 156 valence electrons. The fourth-order valence-corrected chi connectivity index (χ4v) is 4.41. The summed E-state index contributed by atoms with van der Waals surface area (Å²) in [7, 11) is 0. The second-order valence-electron chi connectivity index (χ2n) is 7.69. The van der Waals surface area contributed by atoms with Gasteiger partial charge in [0.2, 0.25) is 0 Å². The molecule has 0 fully saturated rings. The van der Waals surface area contributed by atoms with Crippen molar-refractivity contribution >= 4 is 17.2 Å². The van der Waals surface area contributed by atoms with Gasteiger partial charge in [-0.25, -0.2) is 0 Å². The minimum Gasteiger partial charge on any atom is -0.384 e. The van der Waals surface area contributed by atoms with Crippen LogP contribution in [0.25, 0.3) is 0 Å². The van der Waals surface area contributed by atoms with E-state index < -0.39 is 10.8 Å². The van der Waals surface area contributed by atoms with Crippen molar-refractivity contribution in [1.82, 2.24) is 0 Å². The van der Waals surface area contributed by atoms with Crippen molar-refractivity contribution in [2.75, 3.05) is 4.90 Å². The zero-order valence-corrected chi connectivity index (χ0v) is 17.2. The Balaban J connectivity index is 1.93. The van der Waals surface area contributed by atoms with E-state index >= 15 is 0 Å². The van der Waals surface area contributed by atoms with Crippen LogP contribution in [0.3, 0.4) is 0 Å². The van der Waals surface area contributed by atoms with E-state index in [-0.39, 0.29) is 22.9 Å². The van der Waals surface area contributed by atoms with Gasteiger partial charge in [-0.15, -0.1) is 0 Å². The number of anilines is 1. The summed E-state index contributed by atoms with van der Waals surface area (Å²) >= 11 is 0. The smallest absolute Gasteiger partial charge is 0.271 e. The third-order valence-electron chi connectivity index (χ3n) is 5.93. The number of carbonyl (C=O) groups is 1. The molecular formula is C24H22N4O3. The van der Waals surface area contributed by atoms with Crippen LogP contribution >= 0.6 is 0 Å². The first-order chi connectivity index (χ1) is 15.0. The Labute approximate surface area is 180 Å². The van der Waals surface area contributed by atoms with Crippen LogP contribution in [-0.4, -0.2) is 10.7 Å². The highest BCUT2D eigenvalue weighted by atomic mass is 16.6. The summed E-state index contributed by atoms with van der Waals surface area (Å²) in [6.45, 7) is 2.07. The summed E-state index contributed by atoms with van der Waals surface area (Å²) in [4.78, 5) is 25.6.